The van der Waals surface area contributed by atoms with Crippen LogP contribution in [0.15, 0.2) is 48.5 Å². The molecule has 2 amide bonds. The van der Waals surface area contributed by atoms with Crippen molar-refractivity contribution >= 4 is 23.2 Å². The average Bonchev–Trinajstić information content (AvgIpc) is 2.81. The molecule has 0 atom stereocenters. The molecular weight excluding hydrogens is 392 g/mol. The Bertz CT molecular complexity index is 855. The zero-order valence-electron chi connectivity index (χ0n) is 18.6. The molecule has 2 aromatic carbocycles. The van der Waals surface area contributed by atoms with Gasteiger partial charge in [-0.2, -0.15) is 0 Å². The molecule has 166 valence electrons. The minimum absolute atomic E-state index is 0.0117. The SMILES string of the molecule is CCN(CC)C(=O)c1ccc(NC(=O)CN2CCN(c3ccc(OC)cc3)CC2)cc1. The predicted molar refractivity (Wildman–Crippen MR) is 124 cm³/mol. The van der Waals surface area contributed by atoms with Crippen LogP contribution >= 0.6 is 0 Å². The summed E-state index contributed by atoms with van der Waals surface area (Å²) in [5, 5.41) is 2.94. The molecule has 1 N–H and O–H groups in total. The van der Waals surface area contributed by atoms with Gasteiger partial charge in [0.05, 0.1) is 13.7 Å². The third-order valence-corrected chi connectivity index (χ3v) is 5.64. The molecule has 3 rings (SSSR count). The Morgan fingerprint density at radius 1 is 0.935 bits per heavy atom. The second kappa shape index (κ2) is 10.8. The number of nitrogens with zero attached hydrogens (tertiary/aromatic N) is 3. The molecule has 7 nitrogen and oxygen atoms in total. The monoisotopic (exact) mass is 424 g/mol. The van der Waals surface area contributed by atoms with E-state index in [0.29, 0.717) is 30.9 Å². The second-order valence-electron chi connectivity index (χ2n) is 7.56. The van der Waals surface area contributed by atoms with Gasteiger partial charge in [-0.3, -0.25) is 14.5 Å². The lowest BCUT2D eigenvalue weighted by atomic mass is 10.1. The lowest BCUT2D eigenvalue weighted by Crippen LogP contribution is -2.48. The van der Waals surface area contributed by atoms with E-state index < -0.39 is 0 Å². The summed E-state index contributed by atoms with van der Waals surface area (Å²) in [5.74, 6) is 0.822. The van der Waals surface area contributed by atoms with Crippen molar-refractivity contribution in [3.8, 4) is 5.75 Å². The van der Waals surface area contributed by atoms with Gasteiger partial charge in [-0.05, 0) is 62.4 Å². The fourth-order valence-corrected chi connectivity index (χ4v) is 3.75. The molecule has 0 aliphatic carbocycles. The van der Waals surface area contributed by atoms with Crippen LogP contribution < -0.4 is 15.0 Å². The maximum absolute atomic E-state index is 12.5. The Morgan fingerprint density at radius 3 is 2.10 bits per heavy atom. The van der Waals surface area contributed by atoms with Crippen molar-refractivity contribution in [1.29, 1.82) is 0 Å². The Kier molecular flexibility index (Phi) is 7.89. The number of carbonyl (C=O) groups is 2. The van der Waals surface area contributed by atoms with Crippen LogP contribution in [-0.4, -0.2) is 74.5 Å². The Hall–Kier alpha value is -3.06. The topological polar surface area (TPSA) is 65.1 Å². The van der Waals surface area contributed by atoms with E-state index in [0.717, 1.165) is 31.9 Å². The molecule has 1 heterocycles. The van der Waals surface area contributed by atoms with Gasteiger partial charge in [0.1, 0.15) is 5.75 Å². The molecule has 1 aliphatic rings. The van der Waals surface area contributed by atoms with Crippen LogP contribution in [0.3, 0.4) is 0 Å². The van der Waals surface area contributed by atoms with Crippen molar-refractivity contribution in [2.24, 2.45) is 0 Å². The summed E-state index contributed by atoms with van der Waals surface area (Å²) in [6, 6.07) is 15.2. The van der Waals surface area contributed by atoms with Crippen LogP contribution in [0.4, 0.5) is 11.4 Å². The first-order valence-electron chi connectivity index (χ1n) is 10.8. The number of nitrogens with one attached hydrogen (secondary N) is 1. The van der Waals surface area contributed by atoms with Gasteiger partial charge in [0.25, 0.3) is 5.91 Å². The number of amides is 2. The van der Waals surface area contributed by atoms with Crippen molar-refractivity contribution in [3.63, 3.8) is 0 Å². The number of ether oxygens (including phenoxy) is 1. The molecule has 0 aromatic heterocycles. The number of methoxy groups -OCH3 is 1. The van der Waals surface area contributed by atoms with Crippen LogP contribution in [0.1, 0.15) is 24.2 Å². The maximum atomic E-state index is 12.5. The normalized spacial score (nSPS) is 14.2. The zero-order chi connectivity index (χ0) is 22.2. The summed E-state index contributed by atoms with van der Waals surface area (Å²) < 4.78 is 5.22. The summed E-state index contributed by atoms with van der Waals surface area (Å²) in [5.41, 5.74) is 2.51. The molecule has 0 bridgehead atoms. The Balaban J connectivity index is 1.46. The third-order valence-electron chi connectivity index (χ3n) is 5.64. The Morgan fingerprint density at radius 2 is 1.55 bits per heavy atom. The minimum atomic E-state index is -0.0410. The van der Waals surface area contributed by atoms with Crippen molar-refractivity contribution in [3.05, 3.63) is 54.1 Å². The highest BCUT2D eigenvalue weighted by Gasteiger charge is 2.19. The van der Waals surface area contributed by atoms with E-state index in [1.165, 1.54) is 5.69 Å². The van der Waals surface area contributed by atoms with E-state index in [1.807, 2.05) is 26.0 Å². The molecule has 2 aromatic rings. The van der Waals surface area contributed by atoms with Crippen LogP contribution in [0.2, 0.25) is 0 Å². The Labute approximate surface area is 184 Å². The van der Waals surface area contributed by atoms with Gasteiger partial charge in [0.2, 0.25) is 5.91 Å². The van der Waals surface area contributed by atoms with Crippen molar-refractivity contribution in [2.45, 2.75) is 13.8 Å². The highest BCUT2D eigenvalue weighted by molar-refractivity contribution is 5.96. The zero-order valence-corrected chi connectivity index (χ0v) is 18.6. The quantitative estimate of drug-likeness (QED) is 0.706. The minimum Gasteiger partial charge on any atom is -0.497 e. The summed E-state index contributed by atoms with van der Waals surface area (Å²) in [6.45, 7) is 9.06. The molecule has 7 heteroatoms. The number of anilines is 2. The molecular formula is C24H32N4O3. The van der Waals surface area contributed by atoms with Crippen LogP contribution in [0.25, 0.3) is 0 Å². The fourth-order valence-electron chi connectivity index (χ4n) is 3.75. The molecule has 0 saturated carbocycles. The summed E-state index contributed by atoms with van der Waals surface area (Å²) in [7, 11) is 1.67. The number of benzene rings is 2. The molecule has 0 unspecified atom stereocenters. The lowest BCUT2D eigenvalue weighted by Gasteiger charge is -2.35. The summed E-state index contributed by atoms with van der Waals surface area (Å²) in [4.78, 5) is 31.1. The van der Waals surface area contributed by atoms with Crippen molar-refractivity contribution < 1.29 is 14.3 Å². The molecule has 1 saturated heterocycles. The van der Waals surface area contributed by atoms with E-state index >= 15 is 0 Å². The van der Waals surface area contributed by atoms with Gasteiger partial charge in [-0.1, -0.05) is 0 Å². The van der Waals surface area contributed by atoms with E-state index in [-0.39, 0.29) is 11.8 Å². The molecule has 1 fully saturated rings. The first-order chi connectivity index (χ1) is 15.0. The molecule has 31 heavy (non-hydrogen) atoms. The summed E-state index contributed by atoms with van der Waals surface area (Å²) in [6.07, 6.45) is 0. The van der Waals surface area contributed by atoms with Gasteiger partial charge in [-0.15, -0.1) is 0 Å². The van der Waals surface area contributed by atoms with E-state index in [4.69, 9.17) is 4.74 Å². The van der Waals surface area contributed by atoms with Gasteiger partial charge in [0.15, 0.2) is 0 Å². The standard InChI is InChI=1S/C24H32N4O3/c1-4-27(5-2)24(30)19-6-8-20(9-7-19)25-23(29)18-26-14-16-28(17-15-26)21-10-12-22(31-3)13-11-21/h6-13H,4-5,14-18H2,1-3H3,(H,25,29). The van der Waals surface area contributed by atoms with Crippen LogP contribution in [0.5, 0.6) is 5.75 Å². The number of rotatable bonds is 8. The summed E-state index contributed by atoms with van der Waals surface area (Å²) >= 11 is 0. The van der Waals surface area contributed by atoms with Gasteiger partial charge < -0.3 is 19.9 Å². The van der Waals surface area contributed by atoms with Gasteiger partial charge in [0, 0.05) is 56.2 Å². The first kappa shape index (κ1) is 22.6. The van der Waals surface area contributed by atoms with E-state index in [2.05, 4.69) is 27.2 Å². The number of carbonyl (C=O) groups excluding carboxylic acids is 2. The molecule has 0 spiro atoms. The van der Waals surface area contributed by atoms with Crippen molar-refractivity contribution in [1.82, 2.24) is 9.80 Å². The third kappa shape index (κ3) is 5.98. The first-order valence-corrected chi connectivity index (χ1v) is 10.8. The van der Waals surface area contributed by atoms with Crippen LogP contribution in [-0.2, 0) is 4.79 Å². The predicted octanol–water partition coefficient (Wildman–Crippen LogP) is 2.94. The van der Waals surface area contributed by atoms with Gasteiger partial charge in [-0.25, -0.2) is 0 Å². The lowest BCUT2D eigenvalue weighted by molar-refractivity contribution is -0.117. The fraction of sp³-hybridized carbons (Fsp3) is 0.417. The van der Waals surface area contributed by atoms with Crippen LogP contribution in [0, 0.1) is 0 Å². The molecule has 0 radical (unpaired) electrons. The van der Waals surface area contributed by atoms with Crippen molar-refractivity contribution in [2.75, 3.05) is 63.1 Å². The second-order valence-corrected chi connectivity index (χ2v) is 7.56. The highest BCUT2D eigenvalue weighted by Crippen LogP contribution is 2.20. The van der Waals surface area contributed by atoms with Gasteiger partial charge >= 0.3 is 0 Å². The van der Waals surface area contributed by atoms with E-state index in [9.17, 15) is 9.59 Å². The number of hydrogen-bond donors (Lipinski definition) is 1. The average molecular weight is 425 g/mol. The highest BCUT2D eigenvalue weighted by atomic mass is 16.5. The maximum Gasteiger partial charge on any atom is 0.253 e. The smallest absolute Gasteiger partial charge is 0.253 e. The number of piperazine rings is 1. The number of hydrogen-bond acceptors (Lipinski definition) is 5. The largest absolute Gasteiger partial charge is 0.497 e. The molecule has 1 aliphatic heterocycles. The van der Waals surface area contributed by atoms with E-state index in [1.54, 1.807) is 36.3 Å².